The van der Waals surface area contributed by atoms with Gasteiger partial charge in [0.2, 0.25) is 11.8 Å². The first-order valence-electron chi connectivity index (χ1n) is 16.1. The van der Waals surface area contributed by atoms with E-state index in [1.165, 1.54) is 0 Å². The third-order valence-corrected chi connectivity index (χ3v) is 9.39. The lowest BCUT2D eigenvalue weighted by atomic mass is 9.99. The number of methoxy groups -OCH3 is 1. The molecule has 1 heterocycles. The summed E-state index contributed by atoms with van der Waals surface area (Å²) in [5.41, 5.74) is 7.38. The number of rotatable bonds is 15. The van der Waals surface area contributed by atoms with Crippen LogP contribution in [0.4, 0.5) is 0 Å². The van der Waals surface area contributed by atoms with Crippen molar-refractivity contribution >= 4 is 23.6 Å². The summed E-state index contributed by atoms with van der Waals surface area (Å²) in [6, 6.07) is 32.1. The largest absolute Gasteiger partial charge is 0.496 e. The molecule has 9 nitrogen and oxygen atoms in total. The maximum atomic E-state index is 12.3. The topological polar surface area (TPSA) is 126 Å². The number of hydrogen-bond donors (Lipinski definition) is 4. The molecule has 4 aromatic carbocycles. The molecule has 1 saturated heterocycles. The summed E-state index contributed by atoms with van der Waals surface area (Å²) in [6.07, 6.45) is 1.39. The quantitative estimate of drug-likeness (QED) is 0.0467. The van der Waals surface area contributed by atoms with Gasteiger partial charge in [-0.25, -0.2) is 5.48 Å². The number of ether oxygens (including phenoxy) is 3. The Morgan fingerprint density at radius 1 is 0.833 bits per heavy atom. The van der Waals surface area contributed by atoms with Crippen LogP contribution in [0.5, 0.6) is 5.75 Å². The van der Waals surface area contributed by atoms with Gasteiger partial charge >= 0.3 is 0 Å². The molecule has 1 aliphatic rings. The molecule has 1 fully saturated rings. The van der Waals surface area contributed by atoms with E-state index >= 15 is 0 Å². The van der Waals surface area contributed by atoms with Gasteiger partial charge in [0.05, 0.1) is 25.9 Å². The van der Waals surface area contributed by atoms with Crippen LogP contribution >= 0.6 is 11.8 Å². The lowest BCUT2D eigenvalue weighted by molar-refractivity contribution is -0.245. The van der Waals surface area contributed by atoms with Crippen LogP contribution in [0, 0.1) is 0 Å². The summed E-state index contributed by atoms with van der Waals surface area (Å²) in [6.45, 7) is 0.379. The van der Waals surface area contributed by atoms with Gasteiger partial charge in [-0.15, -0.1) is 11.8 Å². The number of para-hydroxylation sites is 1. The molecule has 0 bridgehead atoms. The Morgan fingerprint density at radius 2 is 1.56 bits per heavy atom. The van der Waals surface area contributed by atoms with E-state index < -0.39 is 12.2 Å². The smallest absolute Gasteiger partial charge is 0.243 e. The van der Waals surface area contributed by atoms with E-state index in [2.05, 4.69) is 23.5 Å². The molecular weight excluding hydrogens is 628 g/mol. The van der Waals surface area contributed by atoms with Crippen molar-refractivity contribution in [3.05, 3.63) is 119 Å². The first kappa shape index (κ1) is 35.1. The molecule has 4 N–H and O–H groups in total. The van der Waals surface area contributed by atoms with Crippen LogP contribution in [0.25, 0.3) is 11.1 Å². The van der Waals surface area contributed by atoms with Crippen molar-refractivity contribution in [1.29, 1.82) is 0 Å². The molecule has 5 rings (SSSR count). The fraction of sp³-hybridized carbons (Fsp3) is 0.316. The van der Waals surface area contributed by atoms with Crippen LogP contribution in [0.15, 0.2) is 102 Å². The molecule has 4 aromatic rings. The molecule has 0 aromatic heterocycles. The van der Waals surface area contributed by atoms with Crippen LogP contribution < -0.4 is 15.5 Å². The Bertz CT molecular complexity index is 1650. The summed E-state index contributed by atoms with van der Waals surface area (Å²) in [5.74, 6) is 1.02. The highest BCUT2D eigenvalue weighted by Crippen LogP contribution is 2.41. The number of carbonyl (C=O) groups is 2. The van der Waals surface area contributed by atoms with Crippen LogP contribution in [0.2, 0.25) is 0 Å². The van der Waals surface area contributed by atoms with Crippen molar-refractivity contribution in [1.82, 2.24) is 10.8 Å². The Kier molecular flexibility index (Phi) is 13.0. The minimum atomic E-state index is -0.588. The second-order valence-electron chi connectivity index (χ2n) is 11.7. The molecule has 0 radical (unpaired) electrons. The zero-order chi connectivity index (χ0) is 33.7. The number of benzene rings is 4. The van der Waals surface area contributed by atoms with Gasteiger partial charge in [0.1, 0.15) is 5.75 Å². The van der Waals surface area contributed by atoms with Crippen molar-refractivity contribution in [3.8, 4) is 16.9 Å². The zero-order valence-corrected chi connectivity index (χ0v) is 27.8. The molecular formula is C38H42N2O7S. The molecule has 0 spiro atoms. The van der Waals surface area contributed by atoms with Gasteiger partial charge in [0.15, 0.2) is 6.29 Å². The maximum absolute atomic E-state index is 12.3. The van der Waals surface area contributed by atoms with E-state index in [9.17, 15) is 14.7 Å². The van der Waals surface area contributed by atoms with Crippen LogP contribution in [0.1, 0.15) is 66.8 Å². The number of aliphatic hydroxyl groups excluding tert-OH is 1. The molecule has 0 saturated carbocycles. The number of hydroxylamine groups is 1. The first-order chi connectivity index (χ1) is 23.4. The van der Waals surface area contributed by atoms with Crippen molar-refractivity contribution in [2.75, 3.05) is 12.9 Å². The van der Waals surface area contributed by atoms with E-state index in [1.807, 2.05) is 78.9 Å². The average Bonchev–Trinajstić information content (AvgIpc) is 3.15. The molecule has 0 unspecified atom stereocenters. The lowest BCUT2D eigenvalue weighted by Gasteiger charge is -2.36. The Labute approximate surface area is 285 Å². The van der Waals surface area contributed by atoms with E-state index in [0.717, 1.165) is 49.8 Å². The SMILES string of the molecule is COc1ccccc1SC[C@@H]1C[C@H](c2ccc(CO)cc2)O[C@H](c2cccc(-c3cccc(CNC(=O)CCCCC(=O)NO)c3)c2)O1. The minimum absolute atomic E-state index is 0.0104. The van der Waals surface area contributed by atoms with Gasteiger partial charge in [-0.2, -0.15) is 0 Å². The van der Waals surface area contributed by atoms with Crippen molar-refractivity contribution < 1.29 is 34.1 Å². The second-order valence-corrected chi connectivity index (χ2v) is 12.7. The van der Waals surface area contributed by atoms with Crippen molar-refractivity contribution in [2.24, 2.45) is 0 Å². The summed E-state index contributed by atoms with van der Waals surface area (Å²) in [4.78, 5) is 24.5. The third-order valence-electron chi connectivity index (χ3n) is 8.20. The molecule has 0 aliphatic carbocycles. The molecule has 48 heavy (non-hydrogen) atoms. The average molecular weight is 671 g/mol. The molecule has 2 amide bonds. The van der Waals surface area contributed by atoms with Gasteiger partial charge < -0.3 is 24.6 Å². The highest BCUT2D eigenvalue weighted by atomic mass is 32.2. The van der Waals surface area contributed by atoms with Crippen LogP contribution in [-0.4, -0.2) is 41.1 Å². The van der Waals surface area contributed by atoms with E-state index in [4.69, 9.17) is 19.4 Å². The summed E-state index contributed by atoms with van der Waals surface area (Å²) >= 11 is 1.70. The van der Waals surface area contributed by atoms with Crippen molar-refractivity contribution in [3.63, 3.8) is 0 Å². The number of amides is 2. The number of aliphatic hydroxyl groups is 1. The highest BCUT2D eigenvalue weighted by molar-refractivity contribution is 7.99. The van der Waals surface area contributed by atoms with Gasteiger partial charge in [0.25, 0.3) is 0 Å². The summed E-state index contributed by atoms with van der Waals surface area (Å²) < 4.78 is 18.8. The monoisotopic (exact) mass is 670 g/mol. The molecule has 3 atom stereocenters. The van der Waals surface area contributed by atoms with E-state index in [-0.39, 0.29) is 31.1 Å². The molecule has 10 heteroatoms. The predicted molar refractivity (Wildman–Crippen MR) is 184 cm³/mol. The number of carbonyl (C=O) groups excluding carboxylic acids is 2. The molecule has 252 valence electrons. The number of hydrogen-bond acceptors (Lipinski definition) is 8. The maximum Gasteiger partial charge on any atom is 0.243 e. The van der Waals surface area contributed by atoms with E-state index in [1.54, 1.807) is 24.4 Å². The fourth-order valence-electron chi connectivity index (χ4n) is 5.59. The highest BCUT2D eigenvalue weighted by Gasteiger charge is 2.32. The Hall–Kier alpha value is -4.19. The van der Waals surface area contributed by atoms with Gasteiger partial charge in [-0.3, -0.25) is 14.8 Å². The normalized spacial score (nSPS) is 17.4. The summed E-state index contributed by atoms with van der Waals surface area (Å²) in [5, 5.41) is 21.1. The standard InChI is InChI=1S/C38H42N2O7S/c1-45-33-12-2-3-13-35(33)48-25-32-22-34(28-18-16-26(24-41)17-19-28)47-38(46-32)31-11-7-10-30(21-31)29-9-6-8-27(20-29)23-39-36(42)14-4-5-15-37(43)40-44/h2-3,6-13,16-21,32,34,38,41,44H,4-5,14-15,22-25H2,1H3,(H,39,42)(H,40,43)/t32-,34+,38+/m0/s1. The second kappa shape index (κ2) is 17.8. The number of nitrogens with one attached hydrogen (secondary N) is 2. The minimum Gasteiger partial charge on any atom is -0.496 e. The fourth-order valence-corrected chi connectivity index (χ4v) is 6.63. The van der Waals surface area contributed by atoms with Gasteiger partial charge in [-0.1, -0.05) is 72.8 Å². The van der Waals surface area contributed by atoms with Crippen LogP contribution in [-0.2, 0) is 32.2 Å². The number of thioether (sulfide) groups is 1. The van der Waals surface area contributed by atoms with E-state index in [0.29, 0.717) is 32.2 Å². The van der Waals surface area contributed by atoms with Gasteiger partial charge in [-0.05, 0) is 64.9 Å². The summed E-state index contributed by atoms with van der Waals surface area (Å²) in [7, 11) is 1.68. The third kappa shape index (κ3) is 9.91. The predicted octanol–water partition coefficient (Wildman–Crippen LogP) is 6.87. The zero-order valence-electron chi connectivity index (χ0n) is 27.0. The van der Waals surface area contributed by atoms with Crippen LogP contribution in [0.3, 0.4) is 0 Å². The lowest BCUT2D eigenvalue weighted by Crippen LogP contribution is -2.31. The Balaban J connectivity index is 1.28. The molecule has 1 aliphatic heterocycles. The van der Waals surface area contributed by atoms with Crippen molar-refractivity contribution in [2.45, 2.75) is 68.6 Å². The first-order valence-corrected chi connectivity index (χ1v) is 17.1. The Morgan fingerprint density at radius 3 is 2.31 bits per heavy atom. The van der Waals surface area contributed by atoms with Gasteiger partial charge in [0, 0.05) is 42.0 Å². The number of unbranched alkanes of at least 4 members (excludes halogenated alkanes) is 1.